The second-order valence-corrected chi connectivity index (χ2v) is 6.92. The maximum absolute atomic E-state index is 12.7. The number of carbonyl (C=O) groups excluding carboxylic acids is 2. The van der Waals surface area contributed by atoms with Crippen molar-refractivity contribution >= 4 is 11.8 Å². The van der Waals surface area contributed by atoms with Crippen LogP contribution in [-0.2, 0) is 4.79 Å². The van der Waals surface area contributed by atoms with E-state index in [0.29, 0.717) is 31.6 Å². The summed E-state index contributed by atoms with van der Waals surface area (Å²) < 4.78 is 0. The molecule has 0 saturated carbocycles. The standard InChI is InChI=1S/C18H24N2O4/c21-11-10-19-12-18(8-6-16(19)23)7-1-9-20(13-18)17(24)14-2-4-15(22)5-3-14/h2-5,21-22H,1,6-13H2/t18-/m0/s1. The number of rotatable bonds is 3. The highest BCUT2D eigenvalue weighted by molar-refractivity contribution is 5.94. The van der Waals surface area contributed by atoms with Gasteiger partial charge >= 0.3 is 0 Å². The van der Waals surface area contributed by atoms with Gasteiger partial charge < -0.3 is 20.0 Å². The Morgan fingerprint density at radius 2 is 1.92 bits per heavy atom. The summed E-state index contributed by atoms with van der Waals surface area (Å²) in [6, 6.07) is 6.33. The molecule has 2 amide bonds. The van der Waals surface area contributed by atoms with Gasteiger partial charge in [-0.05, 0) is 43.5 Å². The summed E-state index contributed by atoms with van der Waals surface area (Å²) in [6.45, 7) is 2.31. The Hall–Kier alpha value is -2.08. The fourth-order valence-electron chi connectivity index (χ4n) is 3.93. The third-order valence-electron chi connectivity index (χ3n) is 5.18. The molecule has 0 aliphatic carbocycles. The lowest BCUT2D eigenvalue weighted by atomic mass is 9.73. The average molecular weight is 332 g/mol. The fraction of sp³-hybridized carbons (Fsp3) is 0.556. The highest BCUT2D eigenvalue weighted by Crippen LogP contribution is 2.39. The quantitative estimate of drug-likeness (QED) is 0.872. The van der Waals surface area contributed by atoms with Crippen molar-refractivity contribution in [3.8, 4) is 5.75 Å². The molecule has 6 heteroatoms. The van der Waals surface area contributed by atoms with Crippen molar-refractivity contribution in [1.82, 2.24) is 9.80 Å². The molecular weight excluding hydrogens is 308 g/mol. The normalized spacial score (nSPS) is 24.5. The van der Waals surface area contributed by atoms with Crippen LogP contribution in [0.1, 0.15) is 36.0 Å². The first kappa shape index (κ1) is 16.8. The third kappa shape index (κ3) is 3.38. The number of aliphatic hydroxyl groups excluding tert-OH is 1. The topological polar surface area (TPSA) is 81.1 Å². The number of phenolic OH excluding ortho intramolecular Hbond substituents is 1. The molecule has 0 radical (unpaired) electrons. The highest BCUT2D eigenvalue weighted by Gasteiger charge is 2.42. The molecule has 2 aliphatic rings. The highest BCUT2D eigenvalue weighted by atomic mass is 16.3. The monoisotopic (exact) mass is 332 g/mol. The van der Waals surface area contributed by atoms with E-state index >= 15 is 0 Å². The van der Waals surface area contributed by atoms with E-state index in [1.54, 1.807) is 17.0 Å². The lowest BCUT2D eigenvalue weighted by Gasteiger charge is -2.48. The minimum atomic E-state index is -0.0616. The van der Waals surface area contributed by atoms with Crippen LogP contribution in [0.25, 0.3) is 0 Å². The van der Waals surface area contributed by atoms with Gasteiger partial charge in [0.2, 0.25) is 5.91 Å². The molecule has 2 saturated heterocycles. The van der Waals surface area contributed by atoms with Crippen LogP contribution in [0.4, 0.5) is 0 Å². The lowest BCUT2D eigenvalue weighted by molar-refractivity contribution is -0.139. The Morgan fingerprint density at radius 3 is 2.62 bits per heavy atom. The zero-order valence-corrected chi connectivity index (χ0v) is 13.8. The first-order valence-electron chi connectivity index (χ1n) is 8.50. The summed E-state index contributed by atoms with van der Waals surface area (Å²) in [4.78, 5) is 28.3. The van der Waals surface area contributed by atoms with Gasteiger partial charge in [-0.1, -0.05) is 0 Å². The van der Waals surface area contributed by atoms with Gasteiger partial charge in [-0.25, -0.2) is 0 Å². The maximum atomic E-state index is 12.7. The van der Waals surface area contributed by atoms with Crippen LogP contribution in [0.15, 0.2) is 24.3 Å². The van der Waals surface area contributed by atoms with E-state index in [9.17, 15) is 14.7 Å². The lowest BCUT2D eigenvalue weighted by Crippen LogP contribution is -2.55. The van der Waals surface area contributed by atoms with E-state index in [1.807, 2.05) is 4.90 Å². The van der Waals surface area contributed by atoms with Crippen LogP contribution < -0.4 is 0 Å². The molecule has 3 rings (SSSR count). The molecule has 2 fully saturated rings. The van der Waals surface area contributed by atoms with Gasteiger partial charge in [-0.2, -0.15) is 0 Å². The number of aromatic hydroxyl groups is 1. The van der Waals surface area contributed by atoms with Crippen molar-refractivity contribution in [2.45, 2.75) is 25.7 Å². The van der Waals surface area contributed by atoms with E-state index in [4.69, 9.17) is 5.11 Å². The van der Waals surface area contributed by atoms with Gasteiger partial charge in [-0.15, -0.1) is 0 Å². The first-order chi connectivity index (χ1) is 11.5. The van der Waals surface area contributed by atoms with E-state index in [0.717, 1.165) is 25.8 Å². The number of aliphatic hydroxyl groups is 1. The Balaban J connectivity index is 1.72. The van der Waals surface area contributed by atoms with E-state index in [1.165, 1.54) is 12.1 Å². The van der Waals surface area contributed by atoms with Crippen LogP contribution in [-0.4, -0.2) is 64.6 Å². The molecule has 24 heavy (non-hydrogen) atoms. The summed E-state index contributed by atoms with van der Waals surface area (Å²) in [5.41, 5.74) is 0.512. The van der Waals surface area contributed by atoms with Crippen LogP contribution >= 0.6 is 0 Å². The molecule has 2 heterocycles. The molecule has 6 nitrogen and oxygen atoms in total. The van der Waals surface area contributed by atoms with Crippen molar-refractivity contribution in [1.29, 1.82) is 0 Å². The zero-order chi connectivity index (χ0) is 17.2. The molecule has 130 valence electrons. The molecule has 1 atom stereocenters. The Bertz CT molecular complexity index is 616. The molecule has 2 N–H and O–H groups in total. The second-order valence-electron chi connectivity index (χ2n) is 6.92. The average Bonchev–Trinajstić information content (AvgIpc) is 2.59. The van der Waals surface area contributed by atoms with Crippen molar-refractivity contribution < 1.29 is 19.8 Å². The number of likely N-dealkylation sites (tertiary alicyclic amines) is 2. The molecule has 1 spiro atoms. The predicted molar refractivity (Wildman–Crippen MR) is 88.6 cm³/mol. The summed E-state index contributed by atoms with van der Waals surface area (Å²) in [7, 11) is 0. The van der Waals surface area contributed by atoms with Crippen molar-refractivity contribution in [2.24, 2.45) is 5.41 Å². The minimum Gasteiger partial charge on any atom is -0.508 e. The number of amides is 2. The van der Waals surface area contributed by atoms with Crippen molar-refractivity contribution in [3.05, 3.63) is 29.8 Å². The van der Waals surface area contributed by atoms with E-state index in [2.05, 4.69) is 0 Å². The number of hydrogen-bond donors (Lipinski definition) is 2. The van der Waals surface area contributed by atoms with Crippen molar-refractivity contribution in [3.63, 3.8) is 0 Å². The minimum absolute atomic E-state index is 0.0281. The smallest absolute Gasteiger partial charge is 0.253 e. The third-order valence-corrected chi connectivity index (χ3v) is 5.18. The molecule has 1 aromatic rings. The largest absolute Gasteiger partial charge is 0.508 e. The molecule has 0 unspecified atom stereocenters. The number of β-amino-alcohol motifs (C(OH)–C–C–N with tert-alkyl or cyclic N) is 1. The van der Waals surface area contributed by atoms with Crippen LogP contribution in [0, 0.1) is 5.41 Å². The summed E-state index contributed by atoms with van der Waals surface area (Å²) in [5.74, 6) is 0.212. The SMILES string of the molecule is O=C1CC[C@@]2(CCCN(C(=O)c3ccc(O)cc3)C2)CN1CCO. The number of benzene rings is 1. The summed E-state index contributed by atoms with van der Waals surface area (Å²) >= 11 is 0. The second kappa shape index (κ2) is 6.81. The molecule has 0 bridgehead atoms. The number of piperidine rings is 2. The van der Waals surface area contributed by atoms with Gasteiger partial charge in [0.05, 0.1) is 6.61 Å². The molecule has 0 aromatic heterocycles. The van der Waals surface area contributed by atoms with Gasteiger partial charge in [0, 0.05) is 43.6 Å². The summed E-state index contributed by atoms with van der Waals surface area (Å²) in [5, 5.41) is 18.5. The fourth-order valence-corrected chi connectivity index (χ4v) is 3.93. The van der Waals surface area contributed by atoms with Crippen LogP contribution in [0.3, 0.4) is 0 Å². The van der Waals surface area contributed by atoms with E-state index < -0.39 is 0 Å². The van der Waals surface area contributed by atoms with Gasteiger partial charge in [0.25, 0.3) is 5.91 Å². The van der Waals surface area contributed by atoms with Crippen molar-refractivity contribution in [2.75, 3.05) is 32.8 Å². The predicted octanol–water partition coefficient (Wildman–Crippen LogP) is 1.23. The number of hydrogen-bond acceptors (Lipinski definition) is 4. The number of carbonyl (C=O) groups is 2. The molecular formula is C18H24N2O4. The van der Waals surface area contributed by atoms with E-state index in [-0.39, 0.29) is 29.6 Å². The zero-order valence-electron chi connectivity index (χ0n) is 13.8. The van der Waals surface area contributed by atoms with Crippen LogP contribution in [0.5, 0.6) is 5.75 Å². The Morgan fingerprint density at radius 1 is 1.17 bits per heavy atom. The maximum Gasteiger partial charge on any atom is 0.253 e. The Labute approximate surface area is 141 Å². The molecule has 1 aromatic carbocycles. The number of nitrogens with zero attached hydrogens (tertiary/aromatic N) is 2. The van der Waals surface area contributed by atoms with Gasteiger partial charge in [0.15, 0.2) is 0 Å². The van der Waals surface area contributed by atoms with Crippen LogP contribution in [0.2, 0.25) is 0 Å². The molecule has 2 aliphatic heterocycles. The summed E-state index contributed by atoms with van der Waals surface area (Å²) in [6.07, 6.45) is 3.21. The van der Waals surface area contributed by atoms with Gasteiger partial charge in [0.1, 0.15) is 5.75 Å². The number of phenols is 1. The van der Waals surface area contributed by atoms with Gasteiger partial charge in [-0.3, -0.25) is 9.59 Å². The first-order valence-corrected chi connectivity index (χ1v) is 8.50. The Kier molecular flexibility index (Phi) is 4.76.